The number of alkyl halides is 6. The zero-order valence-electron chi connectivity index (χ0n) is 12.7. The first-order valence-electron chi connectivity index (χ1n) is 6.37. The molecule has 0 N–H and O–H groups in total. The number of rotatable bonds is 5. The van der Waals surface area contributed by atoms with E-state index in [0.717, 1.165) is 12.1 Å². The van der Waals surface area contributed by atoms with Gasteiger partial charge < -0.3 is 0 Å². The van der Waals surface area contributed by atoms with E-state index in [4.69, 9.17) is 0 Å². The fraction of sp³-hybridized carbons (Fsp3) is 0.500. The third kappa shape index (κ3) is 4.49. The zero-order valence-corrected chi connectivity index (χ0v) is 14.5. The lowest BCUT2D eigenvalue weighted by molar-refractivity contribution is -0.365. The first-order chi connectivity index (χ1) is 10.5. The predicted octanol–water partition coefficient (Wildman–Crippen LogP) is 4.12. The van der Waals surface area contributed by atoms with Gasteiger partial charge >= 0.3 is 28.4 Å². The monoisotopic (exact) mass is 396 g/mol. The Morgan fingerprint density at radius 1 is 0.875 bits per heavy atom. The highest BCUT2D eigenvalue weighted by atomic mass is 32.3. The summed E-state index contributed by atoms with van der Waals surface area (Å²) in [6.45, 7) is 3.79. The lowest BCUT2D eigenvalue weighted by Crippen LogP contribution is -2.57. The van der Waals surface area contributed by atoms with Gasteiger partial charge in [0.25, 0.3) is 0 Å². The van der Waals surface area contributed by atoms with Gasteiger partial charge in [-0.2, -0.15) is 34.8 Å². The molecule has 0 saturated heterocycles. The van der Waals surface area contributed by atoms with Crippen molar-refractivity contribution in [1.82, 2.24) is 0 Å². The third-order valence-electron chi connectivity index (χ3n) is 2.56. The van der Waals surface area contributed by atoms with Gasteiger partial charge in [0.1, 0.15) is 0 Å². The van der Waals surface area contributed by atoms with Crippen molar-refractivity contribution in [1.29, 1.82) is 0 Å². The van der Waals surface area contributed by atoms with Crippen LogP contribution in [-0.4, -0.2) is 29.1 Å². The normalized spacial score (nSPS) is 14.7. The van der Waals surface area contributed by atoms with Gasteiger partial charge in [-0.3, -0.25) is 3.87 Å². The van der Waals surface area contributed by atoms with Crippen molar-refractivity contribution >= 4 is 18.7 Å². The van der Waals surface area contributed by atoms with Crippen LogP contribution in [0.3, 0.4) is 0 Å². The molecule has 24 heavy (non-hydrogen) atoms. The van der Waals surface area contributed by atoms with E-state index < -0.39 is 42.2 Å². The molecule has 0 radical (unpaired) electrons. The Hall–Kier alpha value is -1.11. The maximum absolute atomic E-state index is 13.4. The molecule has 0 aliphatic heterocycles. The van der Waals surface area contributed by atoms with Crippen molar-refractivity contribution < 1.29 is 42.8 Å². The Labute approximate surface area is 135 Å². The molecule has 0 saturated carbocycles. The van der Waals surface area contributed by atoms with Crippen LogP contribution in [0.5, 0.6) is 0 Å². The Kier molecular flexibility index (Phi) is 5.51. The molecule has 0 atom stereocenters. The molecule has 1 aromatic rings. The van der Waals surface area contributed by atoms with E-state index in [1.807, 2.05) is 0 Å². The zero-order chi connectivity index (χ0) is 19.0. The van der Waals surface area contributed by atoms with Gasteiger partial charge in [-0.05, 0) is 19.6 Å². The summed E-state index contributed by atoms with van der Waals surface area (Å²) in [6.07, 6.45) is -12.2. The molecule has 1 aromatic carbocycles. The van der Waals surface area contributed by atoms with E-state index in [1.165, 1.54) is 25.7 Å². The first-order valence-corrected chi connectivity index (χ1v) is 11.1. The molecule has 0 fully saturated rings. The molecule has 12 heteroatoms. The van der Waals surface area contributed by atoms with E-state index in [0.29, 0.717) is 12.1 Å². The molecule has 0 amide bonds. The molecule has 0 bridgehead atoms. The Balaban J connectivity index is 3.62. The van der Waals surface area contributed by atoms with Crippen LogP contribution < -0.4 is 0 Å². The summed E-state index contributed by atoms with van der Waals surface area (Å²) < 4.78 is 112. The van der Waals surface area contributed by atoms with Gasteiger partial charge in [0.15, 0.2) is 0 Å². The summed E-state index contributed by atoms with van der Waals surface area (Å²) in [5.41, 5.74) is -6.49. The molecular formula is C12H14F6O4SSi. The molecule has 0 aliphatic carbocycles. The molecule has 0 heterocycles. The molecule has 4 nitrogen and oxygen atoms in total. The van der Waals surface area contributed by atoms with Crippen molar-refractivity contribution in [2.75, 3.05) is 0 Å². The van der Waals surface area contributed by atoms with Gasteiger partial charge in [-0.25, -0.2) is 4.18 Å². The van der Waals surface area contributed by atoms with Crippen LogP contribution in [-0.2, 0) is 24.1 Å². The number of benzene rings is 1. The third-order valence-corrected chi connectivity index (χ3v) is 5.83. The lowest BCUT2D eigenvalue weighted by Gasteiger charge is -2.36. The van der Waals surface area contributed by atoms with Crippen LogP contribution in [0.2, 0.25) is 19.6 Å². The SMILES string of the molecule is C[Si](C)(C)OS(=O)(=O)OC(c1ccccc1)(C(F)(F)F)C(F)(F)F. The largest absolute Gasteiger partial charge is 0.432 e. The Morgan fingerprint density at radius 3 is 1.62 bits per heavy atom. The van der Waals surface area contributed by atoms with E-state index in [2.05, 4.69) is 8.06 Å². The molecular weight excluding hydrogens is 382 g/mol. The number of hydrogen-bond acceptors (Lipinski definition) is 4. The van der Waals surface area contributed by atoms with Crippen LogP contribution >= 0.6 is 0 Å². The summed E-state index contributed by atoms with van der Waals surface area (Å²) in [5.74, 6) is 0. The van der Waals surface area contributed by atoms with E-state index in [1.54, 1.807) is 0 Å². The second-order valence-electron chi connectivity index (χ2n) is 5.73. The summed E-state index contributed by atoms with van der Waals surface area (Å²) in [4.78, 5) is 0. The highest BCUT2D eigenvalue weighted by molar-refractivity contribution is 7.83. The smallest absolute Gasteiger partial charge is 0.294 e. The minimum atomic E-state index is -6.11. The van der Waals surface area contributed by atoms with E-state index >= 15 is 0 Å². The minimum absolute atomic E-state index is 0.477. The van der Waals surface area contributed by atoms with Gasteiger partial charge in [0, 0.05) is 5.56 Å². The summed E-state index contributed by atoms with van der Waals surface area (Å²) in [5, 5.41) is 0. The lowest BCUT2D eigenvalue weighted by atomic mass is 9.92. The van der Waals surface area contributed by atoms with Crippen LogP contribution in [0.15, 0.2) is 30.3 Å². The molecule has 0 aliphatic rings. The Morgan fingerprint density at radius 2 is 1.29 bits per heavy atom. The fourth-order valence-corrected chi connectivity index (χ4v) is 4.96. The second-order valence-corrected chi connectivity index (χ2v) is 11.6. The van der Waals surface area contributed by atoms with Crippen molar-refractivity contribution in [2.24, 2.45) is 0 Å². The molecule has 138 valence electrons. The van der Waals surface area contributed by atoms with Crippen LogP contribution in [0.25, 0.3) is 0 Å². The van der Waals surface area contributed by atoms with Gasteiger partial charge in [0.2, 0.25) is 8.32 Å². The van der Waals surface area contributed by atoms with Crippen molar-refractivity contribution in [3.8, 4) is 0 Å². The fourth-order valence-electron chi connectivity index (χ4n) is 1.78. The average Bonchev–Trinajstić information content (AvgIpc) is 2.31. The van der Waals surface area contributed by atoms with E-state index in [9.17, 15) is 34.8 Å². The second kappa shape index (κ2) is 6.31. The topological polar surface area (TPSA) is 52.6 Å². The molecule has 0 aromatic heterocycles. The van der Waals surface area contributed by atoms with Crippen molar-refractivity contribution in [3.05, 3.63) is 35.9 Å². The summed E-state index contributed by atoms with van der Waals surface area (Å²) in [7, 11) is -8.65. The van der Waals surface area contributed by atoms with Gasteiger partial charge in [-0.1, -0.05) is 30.3 Å². The predicted molar refractivity (Wildman–Crippen MR) is 74.7 cm³/mol. The standard InChI is InChI=1S/C12H14F6O4SSi/c1-24(2,3)22-23(19,20)21-10(11(13,14)15,12(16,17)18)9-7-5-4-6-8-9/h4-8H,1-3H3. The maximum atomic E-state index is 13.4. The van der Waals surface area contributed by atoms with E-state index in [-0.39, 0.29) is 0 Å². The maximum Gasteiger partial charge on any atom is 0.432 e. The highest BCUT2D eigenvalue weighted by Gasteiger charge is 2.75. The number of halogens is 6. The summed E-state index contributed by atoms with van der Waals surface area (Å²) >= 11 is 0. The first kappa shape index (κ1) is 20.9. The van der Waals surface area contributed by atoms with Gasteiger partial charge in [-0.15, -0.1) is 0 Å². The minimum Gasteiger partial charge on any atom is -0.294 e. The average molecular weight is 396 g/mol. The van der Waals surface area contributed by atoms with Crippen LogP contribution in [0.4, 0.5) is 26.3 Å². The molecule has 1 rings (SSSR count). The Bertz CT molecular complexity index is 650. The molecule has 0 unspecified atom stereocenters. The highest BCUT2D eigenvalue weighted by Crippen LogP contribution is 2.53. The molecule has 0 spiro atoms. The van der Waals surface area contributed by atoms with Crippen LogP contribution in [0.1, 0.15) is 5.56 Å². The van der Waals surface area contributed by atoms with Crippen LogP contribution in [0, 0.1) is 0 Å². The van der Waals surface area contributed by atoms with Crippen molar-refractivity contribution in [2.45, 2.75) is 37.6 Å². The van der Waals surface area contributed by atoms with Crippen molar-refractivity contribution in [3.63, 3.8) is 0 Å². The van der Waals surface area contributed by atoms with Gasteiger partial charge in [0.05, 0.1) is 0 Å². The summed E-state index contributed by atoms with van der Waals surface area (Å²) in [6, 6.07) is 3.93. The quantitative estimate of drug-likeness (QED) is 0.555. The number of hydrogen-bond donors (Lipinski definition) is 0.